The Hall–Kier alpha value is -0.410. The van der Waals surface area contributed by atoms with Gasteiger partial charge in [0.15, 0.2) is 0 Å². The van der Waals surface area contributed by atoms with Crippen LogP contribution < -0.4 is 11.9 Å². The highest BCUT2D eigenvalue weighted by molar-refractivity contribution is 5.63. The molecule has 1 fully saturated rings. The first kappa shape index (κ1) is 11.6. The van der Waals surface area contributed by atoms with Gasteiger partial charge in [-0.15, -0.1) is 0 Å². The summed E-state index contributed by atoms with van der Waals surface area (Å²) >= 11 is 0. The molecule has 0 aromatic heterocycles. The third kappa shape index (κ3) is 2.57. The molecule has 1 atom stereocenters. The Morgan fingerprint density at radius 2 is 1.83 bits per heavy atom. The molecular formula is C9H20N2O. The third-order valence-corrected chi connectivity index (χ3v) is 2.74. The van der Waals surface area contributed by atoms with Crippen LogP contribution in [-0.2, 0) is 4.79 Å². The largest absolute Gasteiger partial charge is 0.344 e. The highest BCUT2D eigenvalue weighted by Crippen LogP contribution is 2.29. The molecule has 3 heteroatoms. The molecular weight excluding hydrogens is 152 g/mol. The molecule has 0 unspecified atom stereocenters. The van der Waals surface area contributed by atoms with Crippen LogP contribution in [-0.4, -0.2) is 11.8 Å². The maximum atomic E-state index is 10.6. The Labute approximate surface area is 74.3 Å². The predicted molar refractivity (Wildman–Crippen MR) is 50.3 cm³/mol. The number of carbonyl (C=O) groups is 1. The van der Waals surface area contributed by atoms with Crippen molar-refractivity contribution in [2.24, 2.45) is 11.7 Å². The van der Waals surface area contributed by atoms with Gasteiger partial charge in [0, 0.05) is 0 Å². The number of hydrogen-bond acceptors (Lipinski definition) is 3. The molecule has 0 aromatic carbocycles. The molecule has 0 spiro atoms. The summed E-state index contributed by atoms with van der Waals surface area (Å²) in [5.74, 6) is 0.425. The molecule has 0 aromatic rings. The molecule has 1 aliphatic rings. The molecule has 3 nitrogen and oxygen atoms in total. The van der Waals surface area contributed by atoms with Crippen LogP contribution in [0.15, 0.2) is 0 Å². The number of nitrogens with two attached hydrogens (primary N) is 1. The summed E-state index contributed by atoms with van der Waals surface area (Å²) in [6.07, 6.45) is 6.96. The summed E-state index contributed by atoms with van der Waals surface area (Å²) in [5, 5.41) is 0. The second-order valence-corrected chi connectivity index (χ2v) is 3.82. The van der Waals surface area contributed by atoms with Gasteiger partial charge in [-0.25, -0.2) is 0 Å². The molecule has 0 radical (unpaired) electrons. The fourth-order valence-electron chi connectivity index (χ4n) is 1.82. The van der Waals surface area contributed by atoms with E-state index < -0.39 is 5.54 Å². The van der Waals surface area contributed by atoms with Crippen LogP contribution in [0, 0.1) is 5.92 Å². The van der Waals surface area contributed by atoms with Crippen LogP contribution in [0.3, 0.4) is 0 Å². The molecule has 5 N–H and O–H groups in total. The van der Waals surface area contributed by atoms with Gasteiger partial charge in [-0.1, -0.05) is 19.3 Å². The molecule has 12 heavy (non-hydrogen) atoms. The molecule has 0 aliphatic heterocycles. The first-order valence-corrected chi connectivity index (χ1v) is 4.42. The minimum atomic E-state index is -0.569. The zero-order valence-electron chi connectivity index (χ0n) is 7.88. The van der Waals surface area contributed by atoms with Gasteiger partial charge in [0.1, 0.15) is 6.29 Å². The lowest BCUT2D eigenvalue weighted by atomic mass is 9.77. The van der Waals surface area contributed by atoms with Gasteiger partial charge in [-0.2, -0.15) is 0 Å². The van der Waals surface area contributed by atoms with Crippen LogP contribution in [0.4, 0.5) is 0 Å². The van der Waals surface area contributed by atoms with E-state index in [1.165, 1.54) is 19.3 Å². The van der Waals surface area contributed by atoms with Crippen LogP contribution in [0.1, 0.15) is 39.0 Å². The van der Waals surface area contributed by atoms with Gasteiger partial charge in [-0.3, -0.25) is 0 Å². The Balaban J connectivity index is 0.00000121. The summed E-state index contributed by atoms with van der Waals surface area (Å²) in [4.78, 5) is 10.6. The summed E-state index contributed by atoms with van der Waals surface area (Å²) in [6, 6.07) is 0. The van der Waals surface area contributed by atoms with E-state index in [0.29, 0.717) is 5.92 Å². The standard InChI is InChI=1S/C9H17NO.H3N/c1-9(10,7-11)8-5-3-2-4-6-8;/h7-8H,2-6,10H2,1H3;1H3/t9-;/m0./s1. The molecule has 0 bridgehead atoms. The Bertz CT molecular complexity index is 139. The van der Waals surface area contributed by atoms with Gasteiger partial charge in [0.05, 0.1) is 5.54 Å². The van der Waals surface area contributed by atoms with Crippen LogP contribution >= 0.6 is 0 Å². The number of rotatable bonds is 2. The van der Waals surface area contributed by atoms with Crippen molar-refractivity contribution >= 4 is 6.29 Å². The smallest absolute Gasteiger partial charge is 0.139 e. The summed E-state index contributed by atoms with van der Waals surface area (Å²) in [5.41, 5.74) is 5.25. The van der Waals surface area contributed by atoms with E-state index in [4.69, 9.17) is 5.73 Å². The number of aldehydes is 1. The quantitative estimate of drug-likeness (QED) is 0.621. The van der Waals surface area contributed by atoms with Crippen LogP contribution in [0.2, 0.25) is 0 Å². The minimum absolute atomic E-state index is 0. The number of hydrogen-bond donors (Lipinski definition) is 2. The van der Waals surface area contributed by atoms with Gasteiger partial charge in [-0.05, 0) is 25.7 Å². The normalized spacial score (nSPS) is 23.8. The van der Waals surface area contributed by atoms with E-state index in [2.05, 4.69) is 0 Å². The van der Waals surface area contributed by atoms with E-state index in [9.17, 15) is 4.79 Å². The van der Waals surface area contributed by atoms with Crippen LogP contribution in [0.5, 0.6) is 0 Å². The molecule has 1 aliphatic carbocycles. The van der Waals surface area contributed by atoms with Gasteiger partial charge >= 0.3 is 0 Å². The molecule has 0 amide bonds. The van der Waals surface area contributed by atoms with E-state index >= 15 is 0 Å². The third-order valence-electron chi connectivity index (χ3n) is 2.74. The van der Waals surface area contributed by atoms with Crippen molar-refractivity contribution < 1.29 is 4.79 Å². The maximum Gasteiger partial charge on any atom is 0.139 e. The number of carbonyl (C=O) groups excluding carboxylic acids is 1. The monoisotopic (exact) mass is 172 g/mol. The fraction of sp³-hybridized carbons (Fsp3) is 0.889. The van der Waals surface area contributed by atoms with E-state index in [1.54, 1.807) is 0 Å². The second kappa shape index (κ2) is 4.58. The highest BCUT2D eigenvalue weighted by atomic mass is 16.1. The molecule has 72 valence electrons. The van der Waals surface area contributed by atoms with Crippen molar-refractivity contribution in [1.82, 2.24) is 6.15 Å². The topological polar surface area (TPSA) is 78.1 Å². The summed E-state index contributed by atoms with van der Waals surface area (Å²) < 4.78 is 0. The van der Waals surface area contributed by atoms with Crippen molar-refractivity contribution in [1.29, 1.82) is 0 Å². The first-order valence-electron chi connectivity index (χ1n) is 4.42. The summed E-state index contributed by atoms with van der Waals surface area (Å²) in [7, 11) is 0. The van der Waals surface area contributed by atoms with Gasteiger partial charge < -0.3 is 16.7 Å². The summed E-state index contributed by atoms with van der Waals surface area (Å²) in [6.45, 7) is 1.84. The zero-order valence-corrected chi connectivity index (χ0v) is 7.88. The molecule has 0 heterocycles. The molecule has 1 rings (SSSR count). The van der Waals surface area contributed by atoms with Crippen molar-refractivity contribution in [3.63, 3.8) is 0 Å². The first-order chi connectivity index (χ1) is 5.17. The van der Waals surface area contributed by atoms with Gasteiger partial charge in [0.25, 0.3) is 0 Å². The van der Waals surface area contributed by atoms with Crippen LogP contribution in [0.25, 0.3) is 0 Å². The Morgan fingerprint density at radius 1 is 1.33 bits per heavy atom. The van der Waals surface area contributed by atoms with Gasteiger partial charge in [0.2, 0.25) is 0 Å². The van der Waals surface area contributed by atoms with E-state index in [1.807, 2.05) is 6.92 Å². The van der Waals surface area contributed by atoms with Crippen molar-refractivity contribution in [3.05, 3.63) is 0 Å². The average molecular weight is 172 g/mol. The molecule has 1 saturated carbocycles. The SMILES string of the molecule is C[C@](N)(C=O)C1CCCCC1.N. The maximum absolute atomic E-state index is 10.6. The zero-order chi connectivity index (χ0) is 8.32. The highest BCUT2D eigenvalue weighted by Gasteiger charge is 2.30. The fourth-order valence-corrected chi connectivity index (χ4v) is 1.82. The lowest BCUT2D eigenvalue weighted by Gasteiger charge is -2.32. The predicted octanol–water partition coefficient (Wildman–Crippen LogP) is 1.64. The Kier molecular flexibility index (Phi) is 4.42. The lowest BCUT2D eigenvalue weighted by Crippen LogP contribution is -2.46. The van der Waals surface area contributed by atoms with Crippen molar-refractivity contribution in [2.45, 2.75) is 44.6 Å². The minimum Gasteiger partial charge on any atom is -0.344 e. The molecule has 0 saturated heterocycles. The average Bonchev–Trinajstić information content (AvgIpc) is 2.06. The lowest BCUT2D eigenvalue weighted by molar-refractivity contribution is -0.113. The van der Waals surface area contributed by atoms with Crippen molar-refractivity contribution in [3.8, 4) is 0 Å². The second-order valence-electron chi connectivity index (χ2n) is 3.82. The van der Waals surface area contributed by atoms with E-state index in [0.717, 1.165) is 19.1 Å². The van der Waals surface area contributed by atoms with E-state index in [-0.39, 0.29) is 6.15 Å². The van der Waals surface area contributed by atoms with Crippen molar-refractivity contribution in [2.75, 3.05) is 0 Å². The Morgan fingerprint density at radius 3 is 2.25 bits per heavy atom.